The van der Waals surface area contributed by atoms with E-state index < -0.39 is 6.04 Å². The molecule has 2 amide bonds. The molecule has 2 aromatic heterocycles. The lowest BCUT2D eigenvalue weighted by molar-refractivity contribution is -0.141. The maximum atomic E-state index is 12.7. The number of nitrogens with zero attached hydrogens (tertiary/aromatic N) is 4. The summed E-state index contributed by atoms with van der Waals surface area (Å²) in [5.41, 5.74) is 0.810. The van der Waals surface area contributed by atoms with E-state index in [9.17, 15) is 9.59 Å². The highest BCUT2D eigenvalue weighted by atomic mass is 16.5. The van der Waals surface area contributed by atoms with E-state index in [2.05, 4.69) is 25.8 Å². The van der Waals surface area contributed by atoms with Crippen molar-refractivity contribution in [1.29, 1.82) is 0 Å². The summed E-state index contributed by atoms with van der Waals surface area (Å²) in [4.78, 5) is 35.0. The van der Waals surface area contributed by atoms with Crippen molar-refractivity contribution in [3.8, 4) is 11.4 Å². The van der Waals surface area contributed by atoms with E-state index in [1.165, 1.54) is 0 Å². The highest BCUT2D eigenvalue weighted by Gasteiger charge is 2.34. The minimum absolute atomic E-state index is 0.0730. The number of nitrogens with one attached hydrogen (secondary N) is 2. The molecular weight excluding hydrogens is 348 g/mol. The Balaban J connectivity index is 1.35. The largest absolute Gasteiger partial charge is 0.352 e. The first-order valence-electron chi connectivity index (χ1n) is 9.24. The average molecular weight is 370 g/mol. The number of amides is 2. The van der Waals surface area contributed by atoms with Gasteiger partial charge >= 0.3 is 0 Å². The van der Waals surface area contributed by atoms with Gasteiger partial charge in [-0.15, -0.1) is 0 Å². The molecule has 142 valence electrons. The molecule has 0 aromatic carbocycles. The van der Waals surface area contributed by atoms with Crippen molar-refractivity contribution >= 4 is 11.8 Å². The standard InChI is InChI=1S/C18H22N6O3/c25-16(24-10-9-20-11-14(24)18(26)21-13-1-2-13)4-3-15-22-17(23-27-15)12-5-7-19-8-6-12/h5-8,13-14,20H,1-4,9-11H2,(H,21,26)/t14-/m0/s1. The van der Waals surface area contributed by atoms with Crippen LogP contribution in [0.1, 0.15) is 25.2 Å². The van der Waals surface area contributed by atoms with Crippen LogP contribution in [0.25, 0.3) is 11.4 Å². The summed E-state index contributed by atoms with van der Waals surface area (Å²) < 4.78 is 5.25. The summed E-state index contributed by atoms with van der Waals surface area (Å²) in [7, 11) is 0. The van der Waals surface area contributed by atoms with Crippen LogP contribution in [-0.4, -0.2) is 63.6 Å². The third-order valence-electron chi connectivity index (χ3n) is 4.75. The van der Waals surface area contributed by atoms with Crippen molar-refractivity contribution in [2.45, 2.75) is 37.8 Å². The van der Waals surface area contributed by atoms with Crippen LogP contribution in [0.15, 0.2) is 29.0 Å². The molecule has 3 heterocycles. The molecule has 0 spiro atoms. The Hall–Kier alpha value is -2.81. The van der Waals surface area contributed by atoms with Gasteiger partial charge in [-0.3, -0.25) is 14.6 Å². The maximum absolute atomic E-state index is 12.7. The Morgan fingerprint density at radius 3 is 2.89 bits per heavy atom. The first kappa shape index (κ1) is 17.6. The van der Waals surface area contributed by atoms with E-state index in [1.54, 1.807) is 29.4 Å². The Bertz CT molecular complexity index is 804. The SMILES string of the molecule is O=C(NC1CC1)[C@@H]1CNCCN1C(=O)CCc1nc(-c2ccncc2)no1. The second-order valence-electron chi connectivity index (χ2n) is 6.84. The van der Waals surface area contributed by atoms with Crippen LogP contribution in [0, 0.1) is 0 Å². The molecule has 9 nitrogen and oxygen atoms in total. The Morgan fingerprint density at radius 1 is 1.30 bits per heavy atom. The molecule has 9 heteroatoms. The zero-order valence-electron chi connectivity index (χ0n) is 14.9. The van der Waals surface area contributed by atoms with E-state index in [4.69, 9.17) is 4.52 Å². The van der Waals surface area contributed by atoms with Crippen LogP contribution in [0.5, 0.6) is 0 Å². The van der Waals surface area contributed by atoms with Crippen LogP contribution in [-0.2, 0) is 16.0 Å². The predicted octanol–water partition coefficient (Wildman–Crippen LogP) is 0.143. The number of pyridine rings is 1. The number of aryl methyl sites for hydroxylation is 1. The molecule has 1 saturated heterocycles. The second-order valence-corrected chi connectivity index (χ2v) is 6.84. The van der Waals surface area contributed by atoms with E-state index in [-0.39, 0.29) is 24.3 Å². The number of piperazine rings is 1. The smallest absolute Gasteiger partial charge is 0.244 e. The molecule has 0 unspecified atom stereocenters. The van der Waals surface area contributed by atoms with Gasteiger partial charge in [-0.2, -0.15) is 4.98 Å². The first-order chi connectivity index (χ1) is 13.2. The summed E-state index contributed by atoms with van der Waals surface area (Å²) in [6, 6.07) is 3.41. The lowest BCUT2D eigenvalue weighted by Gasteiger charge is -2.35. The number of carbonyl (C=O) groups is 2. The minimum atomic E-state index is -0.457. The maximum Gasteiger partial charge on any atom is 0.244 e. The fraction of sp³-hybridized carbons (Fsp3) is 0.500. The number of rotatable bonds is 6. The van der Waals surface area contributed by atoms with E-state index in [1.807, 2.05) is 0 Å². The summed E-state index contributed by atoms with van der Waals surface area (Å²) in [5.74, 6) is 0.736. The molecule has 2 fully saturated rings. The Morgan fingerprint density at radius 2 is 2.11 bits per heavy atom. The topological polar surface area (TPSA) is 113 Å². The van der Waals surface area contributed by atoms with Gasteiger partial charge < -0.3 is 20.1 Å². The quantitative estimate of drug-likeness (QED) is 0.744. The summed E-state index contributed by atoms with van der Waals surface area (Å²) in [5, 5.41) is 10.1. The van der Waals surface area contributed by atoms with Gasteiger partial charge in [0.15, 0.2) is 0 Å². The third kappa shape index (κ3) is 4.30. The van der Waals surface area contributed by atoms with E-state index in [0.29, 0.717) is 37.8 Å². The van der Waals surface area contributed by atoms with Gasteiger partial charge in [0.2, 0.25) is 23.5 Å². The highest BCUT2D eigenvalue weighted by molar-refractivity contribution is 5.88. The molecule has 4 rings (SSSR count). The lowest BCUT2D eigenvalue weighted by atomic mass is 10.1. The zero-order valence-corrected chi connectivity index (χ0v) is 14.9. The molecule has 27 heavy (non-hydrogen) atoms. The fourth-order valence-corrected chi connectivity index (χ4v) is 3.09. The van der Waals surface area contributed by atoms with Crippen molar-refractivity contribution in [3.63, 3.8) is 0 Å². The Labute approximate surface area is 156 Å². The van der Waals surface area contributed by atoms with Gasteiger partial charge in [-0.1, -0.05) is 5.16 Å². The molecule has 1 atom stereocenters. The first-order valence-corrected chi connectivity index (χ1v) is 9.24. The normalized spacial score (nSPS) is 19.7. The number of aromatic nitrogens is 3. The summed E-state index contributed by atoms with van der Waals surface area (Å²) in [6.45, 7) is 1.69. The van der Waals surface area contributed by atoms with Crippen LogP contribution in [0.3, 0.4) is 0 Å². The van der Waals surface area contributed by atoms with Gasteiger partial charge in [0.05, 0.1) is 0 Å². The second kappa shape index (κ2) is 7.83. The number of hydrogen-bond acceptors (Lipinski definition) is 7. The number of carbonyl (C=O) groups excluding carboxylic acids is 2. The summed E-state index contributed by atoms with van der Waals surface area (Å²) in [6.07, 6.45) is 5.94. The van der Waals surface area contributed by atoms with Crippen molar-refractivity contribution in [2.75, 3.05) is 19.6 Å². The molecule has 2 N–H and O–H groups in total. The molecule has 1 aliphatic heterocycles. The molecule has 2 aliphatic rings. The number of hydrogen-bond donors (Lipinski definition) is 2. The third-order valence-corrected chi connectivity index (χ3v) is 4.75. The monoisotopic (exact) mass is 370 g/mol. The van der Waals surface area contributed by atoms with Gasteiger partial charge in [-0.05, 0) is 25.0 Å². The van der Waals surface area contributed by atoms with Crippen molar-refractivity contribution in [1.82, 2.24) is 30.7 Å². The van der Waals surface area contributed by atoms with Crippen molar-refractivity contribution in [3.05, 3.63) is 30.4 Å². The highest BCUT2D eigenvalue weighted by Crippen LogP contribution is 2.20. The van der Waals surface area contributed by atoms with Gasteiger partial charge in [0.25, 0.3) is 0 Å². The Kier molecular flexibility index (Phi) is 5.10. The predicted molar refractivity (Wildman–Crippen MR) is 95.4 cm³/mol. The molecule has 2 aromatic rings. The van der Waals surface area contributed by atoms with Crippen LogP contribution in [0.4, 0.5) is 0 Å². The van der Waals surface area contributed by atoms with Gasteiger partial charge in [-0.25, -0.2) is 0 Å². The van der Waals surface area contributed by atoms with Gasteiger partial charge in [0.1, 0.15) is 6.04 Å². The van der Waals surface area contributed by atoms with E-state index >= 15 is 0 Å². The molecule has 1 aliphatic carbocycles. The zero-order chi connectivity index (χ0) is 18.6. The molecule has 1 saturated carbocycles. The van der Waals surface area contributed by atoms with Crippen LogP contribution >= 0.6 is 0 Å². The van der Waals surface area contributed by atoms with Crippen LogP contribution in [0.2, 0.25) is 0 Å². The van der Waals surface area contributed by atoms with E-state index in [0.717, 1.165) is 18.4 Å². The average Bonchev–Trinajstić information content (AvgIpc) is 3.40. The van der Waals surface area contributed by atoms with Crippen molar-refractivity contribution < 1.29 is 14.1 Å². The van der Waals surface area contributed by atoms with Gasteiger partial charge in [0, 0.05) is 56.5 Å². The summed E-state index contributed by atoms with van der Waals surface area (Å²) >= 11 is 0. The molecular formula is C18H22N6O3. The molecule has 0 bridgehead atoms. The van der Waals surface area contributed by atoms with Crippen LogP contribution < -0.4 is 10.6 Å². The molecule has 0 radical (unpaired) electrons. The fourth-order valence-electron chi connectivity index (χ4n) is 3.09. The lowest BCUT2D eigenvalue weighted by Crippen LogP contribution is -2.59. The van der Waals surface area contributed by atoms with Crippen molar-refractivity contribution in [2.24, 2.45) is 0 Å². The minimum Gasteiger partial charge on any atom is -0.352 e.